The zero-order chi connectivity index (χ0) is 27.3. The number of amides is 2. The van der Waals surface area contributed by atoms with Gasteiger partial charge in [0, 0.05) is 31.0 Å². The van der Waals surface area contributed by atoms with Crippen molar-refractivity contribution in [3.8, 4) is 0 Å². The van der Waals surface area contributed by atoms with E-state index in [0.717, 1.165) is 18.2 Å². The van der Waals surface area contributed by atoms with Crippen molar-refractivity contribution in [3.05, 3.63) is 70.8 Å². The molecule has 1 saturated heterocycles. The number of benzene rings is 2. The fraction of sp³-hybridized carbons (Fsp3) is 0.423. The summed E-state index contributed by atoms with van der Waals surface area (Å²) in [6.45, 7) is 2.90. The minimum Gasteiger partial charge on any atom is -0.459 e. The summed E-state index contributed by atoms with van der Waals surface area (Å²) in [4.78, 5) is 39.0. The maximum atomic E-state index is 14.1. The van der Waals surface area contributed by atoms with E-state index >= 15 is 0 Å². The van der Waals surface area contributed by atoms with Gasteiger partial charge in [0.15, 0.2) is 11.6 Å². The second-order valence-electron chi connectivity index (χ2n) is 9.22. The van der Waals surface area contributed by atoms with Crippen molar-refractivity contribution in [1.29, 1.82) is 0 Å². The standard InChI is InChI=1S/C26H27F5N2O4/c1-15(2)24(25(36)37-14-16-6-8-18(9-7-16)26(29,30)31)32-21(34)12-19-10-11-22(35)33(19)13-17-4-3-5-20(27)23(17)28/h3-9,15,19,24H,10-14H2,1-2H3,(H,32,34)/t19-,24-/m0/s1. The van der Waals surface area contributed by atoms with E-state index in [-0.39, 0.29) is 43.4 Å². The van der Waals surface area contributed by atoms with E-state index in [4.69, 9.17) is 4.74 Å². The lowest BCUT2D eigenvalue weighted by molar-refractivity contribution is -0.150. The average molecular weight is 527 g/mol. The van der Waals surface area contributed by atoms with Crippen LogP contribution in [0.1, 0.15) is 49.8 Å². The molecule has 2 amide bonds. The number of nitrogens with zero attached hydrogens (tertiary/aromatic N) is 1. The van der Waals surface area contributed by atoms with Crippen LogP contribution in [0.15, 0.2) is 42.5 Å². The lowest BCUT2D eigenvalue weighted by Gasteiger charge is -2.26. The van der Waals surface area contributed by atoms with Crippen LogP contribution in [0.2, 0.25) is 0 Å². The predicted octanol–water partition coefficient (Wildman–Crippen LogP) is 4.75. The third-order valence-electron chi connectivity index (χ3n) is 6.15. The summed E-state index contributed by atoms with van der Waals surface area (Å²) in [6.07, 6.45) is -4.14. The molecular formula is C26H27F5N2O4. The van der Waals surface area contributed by atoms with Gasteiger partial charge in [-0.15, -0.1) is 0 Å². The number of rotatable bonds is 9. The highest BCUT2D eigenvalue weighted by atomic mass is 19.4. The number of ether oxygens (including phenoxy) is 1. The summed E-state index contributed by atoms with van der Waals surface area (Å²) in [5, 5.41) is 2.59. The van der Waals surface area contributed by atoms with Gasteiger partial charge >= 0.3 is 12.1 Å². The van der Waals surface area contributed by atoms with E-state index in [1.807, 2.05) is 0 Å². The van der Waals surface area contributed by atoms with Gasteiger partial charge in [-0.25, -0.2) is 13.6 Å². The number of esters is 1. The summed E-state index contributed by atoms with van der Waals surface area (Å²) < 4.78 is 71.0. The van der Waals surface area contributed by atoms with Crippen LogP contribution in [-0.2, 0) is 38.4 Å². The van der Waals surface area contributed by atoms with Crippen molar-refractivity contribution >= 4 is 17.8 Å². The summed E-state index contributed by atoms with van der Waals surface area (Å²) in [5.74, 6) is -4.04. The van der Waals surface area contributed by atoms with Gasteiger partial charge in [-0.1, -0.05) is 38.1 Å². The molecule has 200 valence electrons. The molecule has 0 aliphatic carbocycles. The second kappa shape index (κ2) is 11.7. The molecule has 0 spiro atoms. The van der Waals surface area contributed by atoms with Crippen molar-refractivity contribution in [3.63, 3.8) is 0 Å². The lowest BCUT2D eigenvalue weighted by atomic mass is 10.0. The Hall–Kier alpha value is -3.50. The number of halogens is 5. The third kappa shape index (κ3) is 7.27. The number of nitrogens with one attached hydrogen (secondary N) is 1. The second-order valence-corrected chi connectivity index (χ2v) is 9.22. The lowest BCUT2D eigenvalue weighted by Crippen LogP contribution is -2.47. The quantitative estimate of drug-likeness (QED) is 0.378. The van der Waals surface area contributed by atoms with Gasteiger partial charge in [0.05, 0.1) is 5.56 Å². The molecule has 3 rings (SSSR count). The average Bonchev–Trinajstić information content (AvgIpc) is 3.17. The molecule has 1 heterocycles. The number of likely N-dealkylation sites (tertiary alicyclic amines) is 1. The maximum Gasteiger partial charge on any atom is 0.416 e. The molecule has 1 aliphatic heterocycles. The van der Waals surface area contributed by atoms with E-state index < -0.39 is 47.3 Å². The highest BCUT2D eigenvalue weighted by Gasteiger charge is 2.35. The van der Waals surface area contributed by atoms with Crippen molar-refractivity contribution in [2.75, 3.05) is 0 Å². The first kappa shape index (κ1) is 28.1. The monoisotopic (exact) mass is 526 g/mol. The Morgan fingerprint density at radius 1 is 1.11 bits per heavy atom. The van der Waals surface area contributed by atoms with Crippen molar-refractivity contribution < 1.29 is 41.1 Å². The van der Waals surface area contributed by atoms with Crippen LogP contribution in [0, 0.1) is 17.6 Å². The molecule has 0 bridgehead atoms. The fourth-order valence-electron chi connectivity index (χ4n) is 4.06. The van der Waals surface area contributed by atoms with Crippen LogP contribution >= 0.6 is 0 Å². The van der Waals surface area contributed by atoms with E-state index in [9.17, 15) is 36.3 Å². The first-order valence-electron chi connectivity index (χ1n) is 11.7. The van der Waals surface area contributed by atoms with Crippen LogP contribution < -0.4 is 5.32 Å². The van der Waals surface area contributed by atoms with Gasteiger partial charge in [-0.2, -0.15) is 13.2 Å². The molecule has 6 nitrogen and oxygen atoms in total. The molecular weight excluding hydrogens is 499 g/mol. The number of alkyl halides is 3. The van der Waals surface area contributed by atoms with E-state index in [0.29, 0.717) is 12.0 Å². The summed E-state index contributed by atoms with van der Waals surface area (Å²) in [7, 11) is 0. The highest BCUT2D eigenvalue weighted by molar-refractivity contribution is 5.86. The van der Waals surface area contributed by atoms with E-state index in [2.05, 4.69) is 5.32 Å². The Morgan fingerprint density at radius 2 is 1.78 bits per heavy atom. The van der Waals surface area contributed by atoms with Crippen LogP contribution in [-0.4, -0.2) is 34.8 Å². The van der Waals surface area contributed by atoms with Crippen molar-refractivity contribution in [2.24, 2.45) is 5.92 Å². The molecule has 11 heteroatoms. The summed E-state index contributed by atoms with van der Waals surface area (Å²) >= 11 is 0. The van der Waals surface area contributed by atoms with Crippen molar-refractivity contribution in [1.82, 2.24) is 10.2 Å². The number of carbonyl (C=O) groups is 3. The molecule has 2 aromatic carbocycles. The maximum absolute atomic E-state index is 14.1. The minimum atomic E-state index is -4.48. The molecule has 1 aliphatic rings. The Labute approximate surface area is 210 Å². The van der Waals surface area contributed by atoms with Crippen LogP contribution in [0.5, 0.6) is 0 Å². The third-order valence-corrected chi connectivity index (χ3v) is 6.15. The molecule has 1 fully saturated rings. The molecule has 1 N–H and O–H groups in total. The molecule has 0 radical (unpaired) electrons. The predicted molar refractivity (Wildman–Crippen MR) is 123 cm³/mol. The first-order chi connectivity index (χ1) is 17.4. The Balaban J connectivity index is 1.58. The van der Waals surface area contributed by atoms with E-state index in [1.165, 1.54) is 29.2 Å². The van der Waals surface area contributed by atoms with Gasteiger partial charge in [0.2, 0.25) is 11.8 Å². The van der Waals surface area contributed by atoms with Crippen LogP contribution in [0.4, 0.5) is 22.0 Å². The first-order valence-corrected chi connectivity index (χ1v) is 11.7. The number of hydrogen-bond acceptors (Lipinski definition) is 4. The van der Waals surface area contributed by atoms with Gasteiger partial charge in [-0.05, 0) is 36.1 Å². The molecule has 2 aromatic rings. The normalized spacial score (nSPS) is 16.7. The Bertz CT molecular complexity index is 1130. The largest absolute Gasteiger partial charge is 0.459 e. The van der Waals surface area contributed by atoms with Crippen molar-refractivity contribution in [2.45, 2.75) is 64.5 Å². The minimum absolute atomic E-state index is 0.00689. The Morgan fingerprint density at radius 3 is 2.41 bits per heavy atom. The molecule has 37 heavy (non-hydrogen) atoms. The van der Waals surface area contributed by atoms with Gasteiger partial charge < -0.3 is 15.0 Å². The molecule has 0 unspecified atom stereocenters. The summed E-state index contributed by atoms with van der Waals surface area (Å²) in [5.41, 5.74) is -0.484. The molecule has 0 saturated carbocycles. The zero-order valence-corrected chi connectivity index (χ0v) is 20.3. The highest BCUT2D eigenvalue weighted by Crippen LogP contribution is 2.29. The molecule has 2 atom stereocenters. The van der Waals surface area contributed by atoms with Crippen LogP contribution in [0.25, 0.3) is 0 Å². The SMILES string of the molecule is CC(C)[C@H](NC(=O)C[C@@H]1CCC(=O)N1Cc1cccc(F)c1F)C(=O)OCc1ccc(C(F)(F)F)cc1. The van der Waals surface area contributed by atoms with E-state index in [1.54, 1.807) is 13.8 Å². The number of hydrogen-bond donors (Lipinski definition) is 1. The smallest absolute Gasteiger partial charge is 0.416 e. The Kier molecular flexibility index (Phi) is 8.88. The zero-order valence-electron chi connectivity index (χ0n) is 20.3. The fourth-order valence-corrected chi connectivity index (χ4v) is 4.06. The number of carbonyl (C=O) groups excluding carboxylic acids is 3. The van der Waals surface area contributed by atoms with Gasteiger partial charge in [-0.3, -0.25) is 9.59 Å². The topological polar surface area (TPSA) is 75.7 Å². The van der Waals surface area contributed by atoms with Crippen LogP contribution in [0.3, 0.4) is 0 Å². The van der Waals surface area contributed by atoms with Gasteiger partial charge in [0.1, 0.15) is 12.6 Å². The van der Waals surface area contributed by atoms with Gasteiger partial charge in [0.25, 0.3) is 0 Å². The summed E-state index contributed by atoms with van der Waals surface area (Å²) in [6, 6.07) is 6.24. The molecule has 0 aromatic heterocycles.